The Morgan fingerprint density at radius 3 is 2.89 bits per heavy atom. The van der Waals surface area contributed by atoms with Crippen molar-refractivity contribution in [2.24, 2.45) is 10.9 Å². The molecule has 0 aromatic heterocycles. The molecule has 19 heavy (non-hydrogen) atoms. The van der Waals surface area contributed by atoms with E-state index in [1.807, 2.05) is 6.21 Å². The van der Waals surface area contributed by atoms with Crippen molar-refractivity contribution in [3.05, 3.63) is 41.5 Å². The predicted molar refractivity (Wildman–Crippen MR) is 81.3 cm³/mol. The summed E-state index contributed by atoms with van der Waals surface area (Å²) < 4.78 is 5.49. The Balaban J connectivity index is 2.33. The Morgan fingerprint density at radius 2 is 2.21 bits per heavy atom. The average molecular weight is 257 g/mol. The fraction of sp³-hybridized carbons (Fsp3) is 0.471. The number of methoxy groups -OCH3 is 1. The Kier molecular flexibility index (Phi) is 4.78. The number of hydrogen-bond donors (Lipinski definition) is 0. The minimum atomic E-state index is 0.347. The van der Waals surface area contributed by atoms with Crippen LogP contribution in [0.25, 0.3) is 0 Å². The molecular formula is C17H23NO. The van der Waals surface area contributed by atoms with Crippen LogP contribution < -0.4 is 4.74 Å². The van der Waals surface area contributed by atoms with E-state index in [-0.39, 0.29) is 0 Å². The highest BCUT2D eigenvalue weighted by atomic mass is 16.5. The standard InChI is InChI=1S/C17H23NO/c1-4-7-14-11-13-8-6-9-17(19-3)15(13)12-16(14)18-10-5-2/h4,6-10,14,16H,5,11-12H2,1-3H3/t14-,16-/m0/s1. The van der Waals surface area contributed by atoms with E-state index in [1.54, 1.807) is 7.11 Å². The summed E-state index contributed by atoms with van der Waals surface area (Å²) in [5.74, 6) is 1.51. The van der Waals surface area contributed by atoms with Gasteiger partial charge >= 0.3 is 0 Å². The third kappa shape index (κ3) is 3.06. The Bertz CT molecular complexity index is 476. The minimum absolute atomic E-state index is 0.347. The quantitative estimate of drug-likeness (QED) is 0.593. The topological polar surface area (TPSA) is 21.6 Å². The molecule has 0 unspecified atom stereocenters. The lowest BCUT2D eigenvalue weighted by Crippen LogP contribution is -2.28. The van der Waals surface area contributed by atoms with Crippen molar-refractivity contribution in [1.29, 1.82) is 0 Å². The van der Waals surface area contributed by atoms with Crippen LogP contribution in [0.3, 0.4) is 0 Å². The molecule has 2 rings (SSSR count). The highest BCUT2D eigenvalue weighted by Crippen LogP contribution is 2.34. The largest absolute Gasteiger partial charge is 0.496 e. The fourth-order valence-electron chi connectivity index (χ4n) is 2.82. The van der Waals surface area contributed by atoms with Gasteiger partial charge in [-0.15, -0.1) is 0 Å². The van der Waals surface area contributed by atoms with Crippen LogP contribution in [-0.2, 0) is 12.8 Å². The zero-order valence-electron chi connectivity index (χ0n) is 12.1. The molecule has 102 valence electrons. The van der Waals surface area contributed by atoms with E-state index < -0.39 is 0 Å². The van der Waals surface area contributed by atoms with Crippen molar-refractivity contribution in [2.75, 3.05) is 7.11 Å². The highest BCUT2D eigenvalue weighted by molar-refractivity contribution is 5.57. The number of hydrogen-bond acceptors (Lipinski definition) is 2. The average Bonchev–Trinajstić information content (AvgIpc) is 2.44. The molecule has 0 aliphatic heterocycles. The molecule has 2 heteroatoms. The number of rotatable bonds is 4. The van der Waals surface area contributed by atoms with Crippen LogP contribution in [0, 0.1) is 5.92 Å². The zero-order valence-corrected chi connectivity index (χ0v) is 12.1. The summed E-state index contributed by atoms with van der Waals surface area (Å²) in [7, 11) is 1.75. The lowest BCUT2D eigenvalue weighted by Gasteiger charge is -2.29. The van der Waals surface area contributed by atoms with Crippen LogP contribution in [-0.4, -0.2) is 19.4 Å². The van der Waals surface area contributed by atoms with E-state index in [9.17, 15) is 0 Å². The monoisotopic (exact) mass is 257 g/mol. The second-order valence-electron chi connectivity index (χ2n) is 5.00. The van der Waals surface area contributed by atoms with Gasteiger partial charge in [-0.1, -0.05) is 31.2 Å². The van der Waals surface area contributed by atoms with Gasteiger partial charge in [0.25, 0.3) is 0 Å². The van der Waals surface area contributed by atoms with E-state index in [1.165, 1.54) is 11.1 Å². The summed E-state index contributed by atoms with van der Waals surface area (Å²) in [4.78, 5) is 4.74. The van der Waals surface area contributed by atoms with Crippen LogP contribution in [0.5, 0.6) is 5.75 Å². The van der Waals surface area contributed by atoms with Gasteiger partial charge in [0.1, 0.15) is 5.75 Å². The number of nitrogens with zero attached hydrogens (tertiary/aromatic N) is 1. The van der Waals surface area contributed by atoms with Gasteiger partial charge in [0.15, 0.2) is 0 Å². The van der Waals surface area contributed by atoms with Gasteiger partial charge in [-0.3, -0.25) is 4.99 Å². The molecule has 1 aliphatic rings. The molecule has 0 saturated carbocycles. The molecule has 0 fully saturated rings. The van der Waals surface area contributed by atoms with Gasteiger partial charge in [0.2, 0.25) is 0 Å². The first-order chi connectivity index (χ1) is 9.30. The maximum Gasteiger partial charge on any atom is 0.122 e. The van der Waals surface area contributed by atoms with Crippen LogP contribution in [0.1, 0.15) is 31.4 Å². The van der Waals surface area contributed by atoms with Crippen molar-refractivity contribution in [2.45, 2.75) is 39.2 Å². The van der Waals surface area contributed by atoms with Gasteiger partial charge in [0, 0.05) is 5.92 Å². The summed E-state index contributed by atoms with van der Waals surface area (Å²) in [5.41, 5.74) is 2.74. The van der Waals surface area contributed by atoms with E-state index >= 15 is 0 Å². The second kappa shape index (κ2) is 6.55. The first kappa shape index (κ1) is 13.9. The third-order valence-corrected chi connectivity index (χ3v) is 3.73. The Hall–Kier alpha value is -1.57. The number of aliphatic imine (C=N–C) groups is 1. The Labute approximate surface area is 116 Å². The van der Waals surface area contributed by atoms with Crippen molar-refractivity contribution < 1.29 is 4.74 Å². The molecule has 0 amide bonds. The molecule has 2 nitrogen and oxygen atoms in total. The molecule has 0 spiro atoms. The van der Waals surface area contributed by atoms with Crippen molar-refractivity contribution in [3.63, 3.8) is 0 Å². The summed E-state index contributed by atoms with van der Waals surface area (Å²) in [6, 6.07) is 6.70. The van der Waals surface area contributed by atoms with Gasteiger partial charge in [-0.2, -0.15) is 0 Å². The molecule has 0 heterocycles. The summed E-state index contributed by atoms with van der Waals surface area (Å²) in [6.45, 7) is 4.22. The summed E-state index contributed by atoms with van der Waals surface area (Å²) in [6.07, 6.45) is 9.51. The maximum atomic E-state index is 5.49. The van der Waals surface area contributed by atoms with Crippen LogP contribution >= 0.6 is 0 Å². The van der Waals surface area contributed by atoms with Crippen LogP contribution in [0.15, 0.2) is 35.3 Å². The van der Waals surface area contributed by atoms with Crippen molar-refractivity contribution >= 4 is 6.21 Å². The van der Waals surface area contributed by atoms with Gasteiger partial charge in [0.05, 0.1) is 13.2 Å². The lowest BCUT2D eigenvalue weighted by molar-refractivity contribution is 0.394. The van der Waals surface area contributed by atoms with E-state index in [2.05, 4.69) is 44.2 Å². The molecule has 0 radical (unpaired) electrons. The smallest absolute Gasteiger partial charge is 0.122 e. The summed E-state index contributed by atoms with van der Waals surface area (Å²) >= 11 is 0. The predicted octanol–water partition coefficient (Wildman–Crippen LogP) is 3.84. The summed E-state index contributed by atoms with van der Waals surface area (Å²) in [5, 5.41) is 0. The molecular weight excluding hydrogens is 234 g/mol. The third-order valence-electron chi connectivity index (χ3n) is 3.73. The molecule has 0 N–H and O–H groups in total. The SMILES string of the molecule is CC=C[C@H]1Cc2cccc(OC)c2C[C@@H]1N=CCC. The second-order valence-corrected chi connectivity index (χ2v) is 5.00. The van der Waals surface area contributed by atoms with Gasteiger partial charge < -0.3 is 4.74 Å². The van der Waals surface area contributed by atoms with E-state index in [4.69, 9.17) is 9.73 Å². The molecule has 0 saturated heterocycles. The number of fused-ring (bicyclic) bond motifs is 1. The molecule has 1 aliphatic carbocycles. The zero-order chi connectivity index (χ0) is 13.7. The van der Waals surface area contributed by atoms with E-state index in [0.717, 1.165) is 25.0 Å². The Morgan fingerprint density at radius 1 is 1.37 bits per heavy atom. The minimum Gasteiger partial charge on any atom is -0.496 e. The molecule has 1 aromatic carbocycles. The number of benzene rings is 1. The highest BCUT2D eigenvalue weighted by Gasteiger charge is 2.27. The number of ether oxygens (including phenoxy) is 1. The lowest BCUT2D eigenvalue weighted by atomic mass is 9.80. The van der Waals surface area contributed by atoms with E-state index in [0.29, 0.717) is 12.0 Å². The van der Waals surface area contributed by atoms with Crippen molar-refractivity contribution in [1.82, 2.24) is 0 Å². The van der Waals surface area contributed by atoms with Gasteiger partial charge in [-0.25, -0.2) is 0 Å². The molecule has 2 atom stereocenters. The van der Waals surface area contributed by atoms with Crippen molar-refractivity contribution in [3.8, 4) is 5.75 Å². The first-order valence-electron chi connectivity index (χ1n) is 7.09. The molecule has 0 bridgehead atoms. The van der Waals surface area contributed by atoms with Gasteiger partial charge in [-0.05, 0) is 49.6 Å². The maximum absolute atomic E-state index is 5.49. The normalized spacial score (nSPS) is 22.9. The first-order valence-corrected chi connectivity index (χ1v) is 7.09. The fourth-order valence-corrected chi connectivity index (χ4v) is 2.82. The van der Waals surface area contributed by atoms with Crippen LogP contribution in [0.2, 0.25) is 0 Å². The molecule has 1 aromatic rings. The number of allylic oxidation sites excluding steroid dienone is 1. The van der Waals surface area contributed by atoms with Crippen LogP contribution in [0.4, 0.5) is 0 Å².